The van der Waals surface area contributed by atoms with Gasteiger partial charge in [-0.15, -0.1) is 0 Å². The lowest BCUT2D eigenvalue weighted by Gasteiger charge is -2.22. The Balaban J connectivity index is 2.30. The van der Waals surface area contributed by atoms with E-state index in [1.54, 1.807) is 32.2 Å². The van der Waals surface area contributed by atoms with Gasteiger partial charge >= 0.3 is 6.03 Å². The van der Waals surface area contributed by atoms with Crippen molar-refractivity contribution in [3.05, 3.63) is 70.1 Å². The highest BCUT2D eigenvalue weighted by molar-refractivity contribution is 6.10. The van der Waals surface area contributed by atoms with Crippen LogP contribution in [0.2, 0.25) is 0 Å². The monoisotopic (exact) mass is 556 g/mol. The molecule has 0 saturated carbocycles. The Hall–Kier alpha value is -4.19. The lowest BCUT2D eigenvalue weighted by Crippen LogP contribution is -2.40. The molecule has 1 aromatic carbocycles. The maximum Gasteiger partial charge on any atom is 0.347 e. The molecule has 0 bridgehead atoms. The van der Waals surface area contributed by atoms with Crippen LogP contribution in [-0.2, 0) is 17.8 Å². The maximum absolute atomic E-state index is 14.4. The van der Waals surface area contributed by atoms with Gasteiger partial charge in [0.05, 0.1) is 18.8 Å². The zero-order chi connectivity index (χ0) is 29.7. The lowest BCUT2D eigenvalue weighted by atomic mass is 9.98. The average Bonchev–Trinajstić information content (AvgIpc) is 2.92. The van der Waals surface area contributed by atoms with Gasteiger partial charge in [-0.25, -0.2) is 13.6 Å². The number of urea groups is 1. The molecule has 40 heavy (non-hydrogen) atoms. The number of carbonyl (C=O) groups is 2. The standard InChI is InChI=1S/C28H38F2N8O2/c1-5-19-12-21(24(30)14-23(19)29)16-38(10-8-31)28(40)37-27(35-17-39)36-26-13-20(25(32)11-18(26)3)15-34-22(6-2)7-9-33-4/h8,11-15,17,22,31-34H,5-7,9-10,16H2,1-4H3,(H2,35,36,37,39,40)/b20-15-,31-8?,32-25?. The summed E-state index contributed by atoms with van der Waals surface area (Å²) in [5.41, 5.74) is 2.45. The second-order valence-electron chi connectivity index (χ2n) is 9.17. The molecule has 2 rings (SSSR count). The van der Waals surface area contributed by atoms with Gasteiger partial charge in [-0.1, -0.05) is 13.8 Å². The van der Waals surface area contributed by atoms with Gasteiger partial charge in [0.2, 0.25) is 12.4 Å². The molecule has 1 unspecified atom stereocenters. The smallest absolute Gasteiger partial charge is 0.347 e. The van der Waals surface area contributed by atoms with Crippen molar-refractivity contribution in [2.75, 3.05) is 20.1 Å². The number of allylic oxidation sites excluding steroid dienone is 4. The van der Waals surface area contributed by atoms with E-state index in [0.717, 1.165) is 36.6 Å². The Morgan fingerprint density at radius 1 is 1.18 bits per heavy atom. The Morgan fingerprint density at radius 2 is 1.90 bits per heavy atom. The molecule has 216 valence electrons. The van der Waals surface area contributed by atoms with E-state index in [1.165, 1.54) is 6.07 Å². The van der Waals surface area contributed by atoms with Crippen LogP contribution in [0.15, 0.2) is 52.3 Å². The summed E-state index contributed by atoms with van der Waals surface area (Å²) in [5.74, 6) is -1.67. The molecule has 0 heterocycles. The quantitative estimate of drug-likeness (QED) is 0.125. The van der Waals surface area contributed by atoms with E-state index in [9.17, 15) is 18.4 Å². The highest BCUT2D eigenvalue weighted by Crippen LogP contribution is 2.19. The SMILES string of the molecule is CCc1cc(CN(CC=N)C(=O)/N=C(\NC=O)NC2=C/C(=C/NC(CC)CCNC)C(=N)C=C2C)c(F)cc1F. The van der Waals surface area contributed by atoms with E-state index in [1.807, 2.05) is 7.05 Å². The lowest BCUT2D eigenvalue weighted by molar-refractivity contribution is -0.108. The van der Waals surface area contributed by atoms with E-state index in [4.69, 9.17) is 10.8 Å². The van der Waals surface area contributed by atoms with Gasteiger partial charge in [-0.2, -0.15) is 4.99 Å². The molecule has 0 spiro atoms. The number of halogens is 2. The third kappa shape index (κ3) is 9.23. The van der Waals surface area contributed by atoms with Crippen LogP contribution in [-0.4, -0.2) is 61.4 Å². The van der Waals surface area contributed by atoms with Crippen LogP contribution in [0.5, 0.6) is 0 Å². The van der Waals surface area contributed by atoms with Crippen LogP contribution < -0.4 is 21.3 Å². The third-order valence-corrected chi connectivity index (χ3v) is 6.30. The predicted octanol–water partition coefficient (Wildman–Crippen LogP) is 3.52. The fourth-order valence-electron chi connectivity index (χ4n) is 3.92. The van der Waals surface area contributed by atoms with Crippen molar-refractivity contribution in [1.29, 1.82) is 10.8 Å². The molecule has 10 nitrogen and oxygen atoms in total. The fraction of sp³-hybridized carbons (Fsp3) is 0.393. The number of guanidine groups is 1. The predicted molar refractivity (Wildman–Crippen MR) is 154 cm³/mol. The van der Waals surface area contributed by atoms with Crippen LogP contribution >= 0.6 is 0 Å². The molecule has 1 aromatic rings. The van der Waals surface area contributed by atoms with E-state index in [-0.39, 0.29) is 30.7 Å². The van der Waals surface area contributed by atoms with Gasteiger partial charge in [0.1, 0.15) is 11.6 Å². The fourth-order valence-corrected chi connectivity index (χ4v) is 3.92. The third-order valence-electron chi connectivity index (χ3n) is 6.30. The molecule has 12 heteroatoms. The first kappa shape index (κ1) is 32.0. The maximum atomic E-state index is 14.4. The Kier molecular flexibility index (Phi) is 12.8. The minimum absolute atomic E-state index is 0.0798. The highest BCUT2D eigenvalue weighted by atomic mass is 19.1. The number of carbonyl (C=O) groups excluding carboxylic acids is 2. The summed E-state index contributed by atoms with van der Waals surface area (Å²) in [5, 5.41) is 27.5. The van der Waals surface area contributed by atoms with Gasteiger partial charge in [0.15, 0.2) is 0 Å². The Bertz CT molecular complexity index is 1220. The molecular formula is C28H38F2N8O2. The normalized spacial score (nSPS) is 15.2. The number of hydrogen-bond acceptors (Lipinski definition) is 6. The van der Waals surface area contributed by atoms with Crippen molar-refractivity contribution in [2.24, 2.45) is 4.99 Å². The second-order valence-corrected chi connectivity index (χ2v) is 9.17. The number of hydrogen-bond donors (Lipinski definition) is 6. The van der Waals surface area contributed by atoms with Crippen LogP contribution in [0.1, 0.15) is 44.7 Å². The van der Waals surface area contributed by atoms with Crippen molar-refractivity contribution in [3.63, 3.8) is 0 Å². The van der Waals surface area contributed by atoms with Gasteiger partial charge in [-0.05, 0) is 69.1 Å². The summed E-state index contributed by atoms with van der Waals surface area (Å²) in [7, 11) is 1.89. The van der Waals surface area contributed by atoms with Crippen LogP contribution in [0.25, 0.3) is 0 Å². The first-order valence-corrected chi connectivity index (χ1v) is 13.1. The molecule has 1 atom stereocenters. The summed E-state index contributed by atoms with van der Waals surface area (Å²) < 4.78 is 28.4. The van der Waals surface area contributed by atoms with E-state index in [0.29, 0.717) is 40.9 Å². The zero-order valence-corrected chi connectivity index (χ0v) is 23.3. The number of amides is 3. The number of aryl methyl sites for hydroxylation is 1. The topological polar surface area (TPSA) is 146 Å². The molecule has 0 fully saturated rings. The summed E-state index contributed by atoms with van der Waals surface area (Å²) in [4.78, 5) is 29.4. The van der Waals surface area contributed by atoms with E-state index >= 15 is 0 Å². The van der Waals surface area contributed by atoms with Crippen molar-refractivity contribution < 1.29 is 18.4 Å². The molecule has 3 amide bonds. The van der Waals surface area contributed by atoms with E-state index < -0.39 is 17.7 Å². The van der Waals surface area contributed by atoms with Crippen molar-refractivity contribution in [1.82, 2.24) is 26.2 Å². The molecule has 0 radical (unpaired) electrons. The molecule has 0 aliphatic heterocycles. The summed E-state index contributed by atoms with van der Waals surface area (Å²) in [6.45, 7) is 5.98. The summed E-state index contributed by atoms with van der Waals surface area (Å²) in [6, 6.07) is 1.49. The van der Waals surface area contributed by atoms with Gasteiger partial charge < -0.3 is 31.7 Å². The molecular weight excluding hydrogens is 518 g/mol. The number of nitrogens with one attached hydrogen (secondary N) is 6. The van der Waals surface area contributed by atoms with Gasteiger partial charge in [-0.3, -0.25) is 10.1 Å². The minimum Gasteiger partial charge on any atom is -0.388 e. The number of aliphatic imine (C=N–C) groups is 1. The van der Waals surface area contributed by atoms with Crippen LogP contribution in [0.3, 0.4) is 0 Å². The zero-order valence-electron chi connectivity index (χ0n) is 23.3. The first-order valence-electron chi connectivity index (χ1n) is 13.1. The van der Waals surface area contributed by atoms with E-state index in [2.05, 4.69) is 33.2 Å². The molecule has 0 saturated heterocycles. The molecule has 1 aliphatic carbocycles. The minimum atomic E-state index is -0.847. The largest absolute Gasteiger partial charge is 0.388 e. The Morgan fingerprint density at radius 3 is 2.52 bits per heavy atom. The average molecular weight is 557 g/mol. The van der Waals surface area contributed by atoms with Crippen LogP contribution in [0.4, 0.5) is 13.6 Å². The van der Waals surface area contributed by atoms with Crippen molar-refractivity contribution >= 4 is 30.3 Å². The number of rotatable bonds is 13. The molecule has 0 aromatic heterocycles. The first-order chi connectivity index (χ1) is 19.2. The second kappa shape index (κ2) is 16.0. The number of benzene rings is 1. The Labute approximate surface area is 233 Å². The van der Waals surface area contributed by atoms with Crippen molar-refractivity contribution in [3.8, 4) is 0 Å². The van der Waals surface area contributed by atoms with Crippen molar-refractivity contribution in [2.45, 2.75) is 52.6 Å². The van der Waals surface area contributed by atoms with Gasteiger partial charge in [0, 0.05) is 41.4 Å². The summed E-state index contributed by atoms with van der Waals surface area (Å²) >= 11 is 0. The van der Waals surface area contributed by atoms with Gasteiger partial charge in [0.25, 0.3) is 0 Å². The molecule has 6 N–H and O–H groups in total. The highest BCUT2D eigenvalue weighted by Gasteiger charge is 2.19. The number of nitrogens with zero attached hydrogens (tertiary/aromatic N) is 2. The molecule has 1 aliphatic rings. The van der Waals surface area contributed by atoms with Crippen LogP contribution in [0, 0.1) is 22.5 Å². The summed E-state index contributed by atoms with van der Waals surface area (Å²) in [6.07, 6.45) is 8.58.